The highest BCUT2D eigenvalue weighted by Gasteiger charge is 2.15. The van der Waals surface area contributed by atoms with Crippen molar-refractivity contribution in [3.8, 4) is 17.4 Å². The maximum Gasteiger partial charge on any atom is 0.270 e. The molecule has 0 bridgehead atoms. The molecule has 0 aliphatic carbocycles. The van der Waals surface area contributed by atoms with Gasteiger partial charge in [0.1, 0.15) is 23.2 Å². The van der Waals surface area contributed by atoms with Crippen LogP contribution in [0.5, 0.6) is 0 Å². The number of rotatable bonds is 5. The second kappa shape index (κ2) is 8.54. The first-order valence-electron chi connectivity index (χ1n) is 8.41. The van der Waals surface area contributed by atoms with E-state index in [2.05, 4.69) is 21.2 Å². The van der Waals surface area contributed by atoms with E-state index < -0.39 is 10.8 Å². The topological polar surface area (TPSA) is 109 Å². The molecule has 1 N–H and O–H groups in total. The summed E-state index contributed by atoms with van der Waals surface area (Å²) in [6.07, 6.45) is 1.32. The van der Waals surface area contributed by atoms with E-state index in [1.54, 1.807) is 42.5 Å². The van der Waals surface area contributed by atoms with Gasteiger partial charge in [0.25, 0.3) is 11.6 Å². The Balaban J connectivity index is 1.85. The first kappa shape index (κ1) is 20.0. The molecule has 2 aromatic carbocycles. The van der Waals surface area contributed by atoms with Gasteiger partial charge in [0.15, 0.2) is 0 Å². The van der Waals surface area contributed by atoms with Crippen LogP contribution in [0.3, 0.4) is 0 Å². The molecule has 0 unspecified atom stereocenters. The number of hydrogen-bond acceptors (Lipinski definition) is 5. The van der Waals surface area contributed by atoms with Gasteiger partial charge in [-0.05, 0) is 48.9 Å². The Morgan fingerprint density at radius 2 is 1.93 bits per heavy atom. The maximum atomic E-state index is 12.4. The van der Waals surface area contributed by atoms with Crippen molar-refractivity contribution >= 4 is 39.3 Å². The van der Waals surface area contributed by atoms with Crippen molar-refractivity contribution in [1.29, 1.82) is 5.26 Å². The lowest BCUT2D eigenvalue weighted by Gasteiger charge is -2.04. The molecule has 1 amide bonds. The van der Waals surface area contributed by atoms with Crippen molar-refractivity contribution in [2.24, 2.45) is 0 Å². The number of amides is 1. The van der Waals surface area contributed by atoms with Crippen LogP contribution in [0.4, 0.5) is 11.4 Å². The second-order valence-corrected chi connectivity index (χ2v) is 7.00. The van der Waals surface area contributed by atoms with Gasteiger partial charge >= 0.3 is 0 Å². The number of halogens is 1. The largest absolute Gasteiger partial charge is 0.457 e. The zero-order valence-electron chi connectivity index (χ0n) is 15.2. The van der Waals surface area contributed by atoms with E-state index >= 15 is 0 Å². The van der Waals surface area contributed by atoms with E-state index in [1.165, 1.54) is 18.2 Å². The molecular weight excluding hydrogens is 438 g/mol. The number of carbonyl (C=O) groups excluding carboxylic acids is 1. The Morgan fingerprint density at radius 1 is 1.21 bits per heavy atom. The molecule has 8 heteroatoms. The number of nitrogens with one attached hydrogen (secondary N) is 1. The lowest BCUT2D eigenvalue weighted by molar-refractivity contribution is -0.384. The monoisotopic (exact) mass is 451 g/mol. The van der Waals surface area contributed by atoms with Crippen molar-refractivity contribution < 1.29 is 14.1 Å². The average molecular weight is 452 g/mol. The van der Waals surface area contributed by atoms with Crippen LogP contribution in [0.15, 0.2) is 69.1 Å². The fraction of sp³-hybridized carbons (Fsp3) is 0.0476. The van der Waals surface area contributed by atoms with Crippen LogP contribution in [-0.4, -0.2) is 10.8 Å². The fourth-order valence-electron chi connectivity index (χ4n) is 2.59. The lowest BCUT2D eigenvalue weighted by atomic mass is 10.1. The van der Waals surface area contributed by atoms with Crippen LogP contribution in [0.25, 0.3) is 17.4 Å². The predicted octanol–water partition coefficient (Wildman–Crippen LogP) is 5.47. The Morgan fingerprint density at radius 3 is 2.59 bits per heavy atom. The number of hydrogen-bond donors (Lipinski definition) is 1. The first-order chi connectivity index (χ1) is 13.9. The van der Waals surface area contributed by atoms with Crippen molar-refractivity contribution in [3.05, 3.63) is 86.1 Å². The summed E-state index contributed by atoms with van der Waals surface area (Å²) in [6, 6.07) is 16.5. The number of furan rings is 1. The summed E-state index contributed by atoms with van der Waals surface area (Å²) in [7, 11) is 0. The normalized spacial score (nSPS) is 11.0. The van der Waals surface area contributed by atoms with Crippen LogP contribution in [-0.2, 0) is 4.79 Å². The van der Waals surface area contributed by atoms with Crippen molar-refractivity contribution in [3.63, 3.8) is 0 Å². The number of nitrogens with zero attached hydrogens (tertiary/aromatic N) is 2. The smallest absolute Gasteiger partial charge is 0.270 e. The van der Waals surface area contributed by atoms with E-state index in [9.17, 15) is 20.2 Å². The standard InChI is InChI=1S/C21H14BrN3O4/c1-13-2-7-17(25(27)28)11-19(13)20-9-8-18(29-20)10-14(12-23)21(26)24-16-5-3-15(22)4-6-16/h2-11H,1H3,(H,24,26)/b14-10-. The van der Waals surface area contributed by atoms with E-state index in [0.717, 1.165) is 10.0 Å². The summed E-state index contributed by atoms with van der Waals surface area (Å²) in [6.45, 7) is 1.81. The second-order valence-electron chi connectivity index (χ2n) is 6.09. The molecule has 1 heterocycles. The number of benzene rings is 2. The summed E-state index contributed by atoms with van der Waals surface area (Å²) in [4.78, 5) is 22.9. The highest BCUT2D eigenvalue weighted by atomic mass is 79.9. The van der Waals surface area contributed by atoms with Gasteiger partial charge in [-0.25, -0.2) is 0 Å². The highest BCUT2D eigenvalue weighted by Crippen LogP contribution is 2.29. The third-order valence-electron chi connectivity index (χ3n) is 4.08. The minimum Gasteiger partial charge on any atom is -0.457 e. The molecule has 0 saturated carbocycles. The molecule has 144 valence electrons. The zero-order valence-corrected chi connectivity index (χ0v) is 16.8. The lowest BCUT2D eigenvalue weighted by Crippen LogP contribution is -2.13. The summed E-state index contributed by atoms with van der Waals surface area (Å²) >= 11 is 3.31. The number of carbonyl (C=O) groups is 1. The maximum absolute atomic E-state index is 12.4. The van der Waals surface area contributed by atoms with Gasteiger partial charge in [0.2, 0.25) is 0 Å². The SMILES string of the molecule is Cc1ccc([N+](=O)[O-])cc1-c1ccc(/C=C(/C#N)C(=O)Nc2ccc(Br)cc2)o1. The number of aryl methyl sites for hydroxylation is 1. The molecule has 0 spiro atoms. The fourth-order valence-corrected chi connectivity index (χ4v) is 2.85. The quantitative estimate of drug-likeness (QED) is 0.239. The molecule has 0 aliphatic rings. The Hall–Kier alpha value is -3.70. The molecule has 7 nitrogen and oxygen atoms in total. The van der Waals surface area contributed by atoms with Gasteiger partial charge in [-0.3, -0.25) is 14.9 Å². The van der Waals surface area contributed by atoms with Gasteiger partial charge in [-0.15, -0.1) is 0 Å². The minimum absolute atomic E-state index is 0.0503. The van der Waals surface area contributed by atoms with Crippen molar-refractivity contribution in [2.45, 2.75) is 6.92 Å². The van der Waals surface area contributed by atoms with Gasteiger partial charge in [-0.2, -0.15) is 5.26 Å². The van der Waals surface area contributed by atoms with Crippen LogP contribution in [0, 0.1) is 28.4 Å². The molecule has 3 aromatic rings. The minimum atomic E-state index is -0.570. The van der Waals surface area contributed by atoms with Crippen LogP contribution in [0.2, 0.25) is 0 Å². The van der Waals surface area contributed by atoms with Crippen molar-refractivity contribution in [2.75, 3.05) is 5.32 Å². The van der Waals surface area contributed by atoms with E-state index in [-0.39, 0.29) is 17.0 Å². The molecule has 0 atom stereocenters. The van der Waals surface area contributed by atoms with Crippen LogP contribution >= 0.6 is 15.9 Å². The average Bonchev–Trinajstić information content (AvgIpc) is 3.16. The molecular formula is C21H14BrN3O4. The summed E-state index contributed by atoms with van der Waals surface area (Å²) in [5.41, 5.74) is 1.73. The van der Waals surface area contributed by atoms with E-state index in [0.29, 0.717) is 17.0 Å². The van der Waals surface area contributed by atoms with E-state index in [4.69, 9.17) is 4.42 Å². The molecule has 1 aromatic heterocycles. The van der Waals surface area contributed by atoms with Gasteiger partial charge in [-0.1, -0.05) is 22.0 Å². The zero-order chi connectivity index (χ0) is 21.0. The van der Waals surface area contributed by atoms with E-state index in [1.807, 2.05) is 13.0 Å². The number of anilines is 1. The molecule has 0 fully saturated rings. The summed E-state index contributed by atoms with van der Waals surface area (Å²) < 4.78 is 6.56. The molecule has 0 saturated heterocycles. The summed E-state index contributed by atoms with van der Waals surface area (Å²) in [5, 5.41) is 23.0. The number of non-ortho nitro benzene ring substituents is 1. The van der Waals surface area contributed by atoms with Gasteiger partial charge < -0.3 is 9.73 Å². The third kappa shape index (κ3) is 4.78. The number of nitro groups is 1. The third-order valence-corrected chi connectivity index (χ3v) is 4.61. The van der Waals surface area contributed by atoms with Gasteiger partial charge in [0, 0.05) is 33.9 Å². The summed E-state index contributed by atoms with van der Waals surface area (Å²) in [5.74, 6) is 0.121. The Kier molecular flexibility index (Phi) is 5.90. The predicted molar refractivity (Wildman–Crippen MR) is 112 cm³/mol. The Labute approximate surface area is 174 Å². The number of nitriles is 1. The van der Waals surface area contributed by atoms with Gasteiger partial charge in [0.05, 0.1) is 4.92 Å². The molecule has 0 radical (unpaired) electrons. The first-order valence-corrected chi connectivity index (χ1v) is 9.20. The van der Waals surface area contributed by atoms with Crippen LogP contribution < -0.4 is 5.32 Å². The number of nitro benzene ring substituents is 1. The van der Waals surface area contributed by atoms with Crippen molar-refractivity contribution in [1.82, 2.24) is 0 Å². The molecule has 0 aliphatic heterocycles. The molecule has 3 rings (SSSR count). The Bertz CT molecular complexity index is 1160. The molecule has 29 heavy (non-hydrogen) atoms. The van der Waals surface area contributed by atoms with Crippen LogP contribution in [0.1, 0.15) is 11.3 Å². The highest BCUT2D eigenvalue weighted by molar-refractivity contribution is 9.10.